The molecular formula is C21H29N3O2S. The molecule has 0 aliphatic rings. The van der Waals surface area contributed by atoms with Crippen LogP contribution in [0, 0.1) is 0 Å². The van der Waals surface area contributed by atoms with Crippen LogP contribution >= 0.6 is 11.3 Å². The van der Waals surface area contributed by atoms with E-state index in [-0.39, 0.29) is 24.3 Å². The number of nitrogens with zero attached hydrogens (tertiary/aromatic N) is 1. The molecule has 0 saturated heterocycles. The summed E-state index contributed by atoms with van der Waals surface area (Å²) in [5.41, 5.74) is 2.33. The maximum Gasteiger partial charge on any atom is 0.222 e. The molecule has 0 radical (unpaired) electrons. The molecule has 146 valence electrons. The Morgan fingerprint density at radius 3 is 2.48 bits per heavy atom. The third-order valence-electron chi connectivity index (χ3n) is 4.44. The Morgan fingerprint density at radius 2 is 1.85 bits per heavy atom. The van der Waals surface area contributed by atoms with Crippen LogP contribution in [0.25, 0.3) is 0 Å². The van der Waals surface area contributed by atoms with Gasteiger partial charge in [-0.3, -0.25) is 14.5 Å². The molecule has 2 N–H and O–H groups in total. The van der Waals surface area contributed by atoms with E-state index in [0.29, 0.717) is 6.54 Å². The van der Waals surface area contributed by atoms with Crippen molar-refractivity contribution < 1.29 is 9.59 Å². The molecule has 0 aliphatic carbocycles. The highest BCUT2D eigenvalue weighted by atomic mass is 32.1. The molecule has 0 spiro atoms. The Balaban J connectivity index is 1.91. The minimum Gasteiger partial charge on any atom is -0.352 e. The van der Waals surface area contributed by atoms with E-state index >= 15 is 0 Å². The number of nitrogens with one attached hydrogen (secondary N) is 2. The van der Waals surface area contributed by atoms with Crippen LogP contribution in [0.2, 0.25) is 0 Å². The van der Waals surface area contributed by atoms with Gasteiger partial charge in [0, 0.05) is 24.9 Å². The summed E-state index contributed by atoms with van der Waals surface area (Å²) in [6, 6.07) is 11.9. The van der Waals surface area contributed by atoms with Crippen LogP contribution in [0.5, 0.6) is 0 Å². The van der Waals surface area contributed by atoms with Crippen LogP contribution in [-0.4, -0.2) is 29.8 Å². The van der Waals surface area contributed by atoms with Crippen molar-refractivity contribution >= 4 is 23.2 Å². The first-order chi connectivity index (χ1) is 13.0. The first-order valence-electron chi connectivity index (χ1n) is 9.39. The summed E-state index contributed by atoms with van der Waals surface area (Å²) in [6.45, 7) is 9.23. The highest BCUT2D eigenvalue weighted by Gasteiger charge is 2.17. The first-order valence-corrected chi connectivity index (χ1v) is 10.3. The van der Waals surface area contributed by atoms with Gasteiger partial charge in [0.15, 0.2) is 0 Å². The molecule has 1 aromatic carbocycles. The zero-order valence-corrected chi connectivity index (χ0v) is 17.1. The molecule has 2 rings (SSSR count). The molecule has 1 aromatic heterocycles. The Kier molecular flexibility index (Phi) is 8.48. The van der Waals surface area contributed by atoms with Gasteiger partial charge < -0.3 is 10.6 Å². The van der Waals surface area contributed by atoms with Gasteiger partial charge in [-0.25, -0.2) is 0 Å². The molecule has 6 heteroatoms. The zero-order chi connectivity index (χ0) is 19.6. The molecule has 1 unspecified atom stereocenters. The van der Waals surface area contributed by atoms with Crippen LogP contribution in [0.4, 0.5) is 0 Å². The van der Waals surface area contributed by atoms with E-state index in [0.717, 1.165) is 30.1 Å². The summed E-state index contributed by atoms with van der Waals surface area (Å²) in [5, 5.41) is 7.78. The third kappa shape index (κ3) is 7.15. The maximum atomic E-state index is 12.4. The highest BCUT2D eigenvalue weighted by Crippen LogP contribution is 2.22. The van der Waals surface area contributed by atoms with E-state index < -0.39 is 0 Å². The highest BCUT2D eigenvalue weighted by molar-refractivity contribution is 7.10. The van der Waals surface area contributed by atoms with Crippen molar-refractivity contribution in [2.75, 3.05) is 13.1 Å². The van der Waals surface area contributed by atoms with Crippen LogP contribution in [0.15, 0.2) is 41.8 Å². The number of benzene rings is 1. The summed E-state index contributed by atoms with van der Waals surface area (Å²) in [6.07, 6.45) is 0.235. The molecule has 5 nitrogen and oxygen atoms in total. The fourth-order valence-corrected chi connectivity index (χ4v) is 3.74. The van der Waals surface area contributed by atoms with Crippen molar-refractivity contribution in [2.45, 2.75) is 46.3 Å². The van der Waals surface area contributed by atoms with E-state index in [1.165, 1.54) is 12.5 Å². The predicted molar refractivity (Wildman–Crippen MR) is 110 cm³/mol. The lowest BCUT2D eigenvalue weighted by Crippen LogP contribution is -2.32. The van der Waals surface area contributed by atoms with Crippen molar-refractivity contribution in [3.8, 4) is 0 Å². The van der Waals surface area contributed by atoms with Gasteiger partial charge in [-0.15, -0.1) is 11.3 Å². The van der Waals surface area contributed by atoms with Crippen molar-refractivity contribution in [3.05, 3.63) is 57.8 Å². The van der Waals surface area contributed by atoms with Gasteiger partial charge in [0.1, 0.15) is 0 Å². The van der Waals surface area contributed by atoms with Gasteiger partial charge in [0.25, 0.3) is 0 Å². The van der Waals surface area contributed by atoms with Crippen molar-refractivity contribution in [1.29, 1.82) is 0 Å². The number of amides is 2. The zero-order valence-electron chi connectivity index (χ0n) is 16.3. The fourth-order valence-electron chi connectivity index (χ4n) is 2.96. The van der Waals surface area contributed by atoms with Gasteiger partial charge in [0.05, 0.1) is 12.5 Å². The number of hydrogen-bond acceptors (Lipinski definition) is 4. The van der Waals surface area contributed by atoms with E-state index in [4.69, 9.17) is 0 Å². The Hall–Kier alpha value is -2.18. The molecule has 0 fully saturated rings. The average molecular weight is 388 g/mol. The Bertz CT molecular complexity index is 727. The summed E-state index contributed by atoms with van der Waals surface area (Å²) >= 11 is 1.54. The standard InChI is InChI=1S/C21H29N3O2S/c1-4-24(5-2)15-18-9-6-8-17(12-18)14-22-21(26)13-19(23-16(3)25)20-10-7-11-27-20/h6-12,19H,4-5,13-15H2,1-3H3,(H,22,26)(H,23,25). The lowest BCUT2D eigenvalue weighted by atomic mass is 10.1. The van der Waals surface area contributed by atoms with Crippen molar-refractivity contribution in [2.24, 2.45) is 0 Å². The Morgan fingerprint density at radius 1 is 1.11 bits per heavy atom. The largest absolute Gasteiger partial charge is 0.352 e. The van der Waals surface area contributed by atoms with E-state index in [1.54, 1.807) is 11.3 Å². The lowest BCUT2D eigenvalue weighted by molar-refractivity contribution is -0.122. The summed E-state index contributed by atoms with van der Waals surface area (Å²) < 4.78 is 0. The van der Waals surface area contributed by atoms with Gasteiger partial charge in [-0.05, 0) is 35.7 Å². The molecule has 2 aromatic rings. The normalized spacial score (nSPS) is 12.0. The van der Waals surface area contributed by atoms with Gasteiger partial charge in [-0.2, -0.15) is 0 Å². The molecule has 2 amide bonds. The van der Waals surface area contributed by atoms with E-state index in [2.05, 4.69) is 41.5 Å². The molecule has 27 heavy (non-hydrogen) atoms. The first kappa shape index (κ1) is 21.1. The maximum absolute atomic E-state index is 12.4. The fraction of sp³-hybridized carbons (Fsp3) is 0.429. The Labute approximate surface area is 165 Å². The minimum atomic E-state index is -0.281. The van der Waals surface area contributed by atoms with Crippen LogP contribution < -0.4 is 10.6 Å². The molecular weight excluding hydrogens is 358 g/mol. The van der Waals surface area contributed by atoms with Gasteiger partial charge in [-0.1, -0.05) is 44.2 Å². The number of hydrogen-bond donors (Lipinski definition) is 2. The SMILES string of the molecule is CCN(CC)Cc1cccc(CNC(=O)CC(NC(C)=O)c2cccs2)c1. The topological polar surface area (TPSA) is 61.4 Å². The molecule has 0 bridgehead atoms. The molecule has 0 aliphatic heterocycles. The van der Waals surface area contributed by atoms with E-state index in [9.17, 15) is 9.59 Å². The number of carbonyl (C=O) groups excluding carboxylic acids is 2. The number of carbonyl (C=O) groups is 2. The van der Waals surface area contributed by atoms with Crippen LogP contribution in [0.3, 0.4) is 0 Å². The van der Waals surface area contributed by atoms with E-state index in [1.807, 2.05) is 29.6 Å². The second-order valence-electron chi connectivity index (χ2n) is 6.53. The predicted octanol–water partition coefficient (Wildman–Crippen LogP) is 3.47. The third-order valence-corrected chi connectivity index (χ3v) is 5.42. The van der Waals surface area contributed by atoms with Crippen molar-refractivity contribution in [1.82, 2.24) is 15.5 Å². The number of thiophene rings is 1. The second-order valence-corrected chi connectivity index (χ2v) is 7.51. The minimum absolute atomic E-state index is 0.0729. The van der Waals surface area contributed by atoms with Crippen LogP contribution in [0.1, 0.15) is 49.2 Å². The van der Waals surface area contributed by atoms with Gasteiger partial charge in [0.2, 0.25) is 11.8 Å². The molecule has 0 saturated carbocycles. The monoisotopic (exact) mass is 387 g/mol. The smallest absolute Gasteiger partial charge is 0.222 e. The summed E-state index contributed by atoms with van der Waals surface area (Å²) in [4.78, 5) is 27.2. The second kappa shape index (κ2) is 10.8. The van der Waals surface area contributed by atoms with Crippen molar-refractivity contribution in [3.63, 3.8) is 0 Å². The number of rotatable bonds is 10. The summed E-state index contributed by atoms with van der Waals surface area (Å²) in [5.74, 6) is -0.207. The van der Waals surface area contributed by atoms with Gasteiger partial charge >= 0.3 is 0 Å². The molecule has 1 atom stereocenters. The van der Waals surface area contributed by atoms with Crippen LogP contribution in [-0.2, 0) is 22.7 Å². The summed E-state index contributed by atoms with van der Waals surface area (Å²) in [7, 11) is 0. The molecule has 1 heterocycles. The average Bonchev–Trinajstić information content (AvgIpc) is 3.18. The lowest BCUT2D eigenvalue weighted by Gasteiger charge is -2.18. The quantitative estimate of drug-likeness (QED) is 0.656.